The maximum atomic E-state index is 12.1. The normalized spacial score (nSPS) is 10.6. The van der Waals surface area contributed by atoms with Crippen LogP contribution < -0.4 is 10.1 Å². The predicted molar refractivity (Wildman–Crippen MR) is 107 cm³/mol. The van der Waals surface area contributed by atoms with Gasteiger partial charge in [-0.1, -0.05) is 53.7 Å². The summed E-state index contributed by atoms with van der Waals surface area (Å²) in [7, 11) is 3.51. The molecule has 6 nitrogen and oxygen atoms in total. The van der Waals surface area contributed by atoms with Crippen molar-refractivity contribution in [3.8, 4) is 17.1 Å². The third-order valence-corrected chi connectivity index (χ3v) is 5.15. The van der Waals surface area contributed by atoms with E-state index in [4.69, 9.17) is 4.74 Å². The Morgan fingerprint density at radius 2 is 1.89 bits per heavy atom. The van der Waals surface area contributed by atoms with Crippen LogP contribution >= 0.6 is 11.8 Å². The summed E-state index contributed by atoms with van der Waals surface area (Å²) in [5.41, 5.74) is 3.15. The smallest absolute Gasteiger partial charge is 0.230 e. The predicted octanol–water partition coefficient (Wildman–Crippen LogP) is 3.21. The second kappa shape index (κ2) is 8.73. The van der Waals surface area contributed by atoms with Gasteiger partial charge in [-0.25, -0.2) is 0 Å². The van der Waals surface area contributed by atoms with Crippen LogP contribution in [0.5, 0.6) is 5.75 Å². The SMILES string of the molecule is COc1ccccc1-c1nnc(SCC(=O)NCc2ccc(C)cc2)n1C. The summed E-state index contributed by atoms with van der Waals surface area (Å²) in [6.07, 6.45) is 0. The number of ether oxygens (including phenoxy) is 1. The quantitative estimate of drug-likeness (QED) is 0.636. The standard InChI is InChI=1S/C20H22N4O2S/c1-14-8-10-15(11-9-14)12-21-18(25)13-27-20-23-22-19(24(20)2)16-6-4-5-7-17(16)26-3/h4-11H,12-13H2,1-3H3,(H,21,25). The second-order valence-electron chi connectivity index (χ2n) is 6.12. The van der Waals surface area contributed by atoms with Gasteiger partial charge in [0.1, 0.15) is 5.75 Å². The van der Waals surface area contributed by atoms with Gasteiger partial charge in [-0.2, -0.15) is 0 Å². The maximum Gasteiger partial charge on any atom is 0.230 e. The fourth-order valence-electron chi connectivity index (χ4n) is 2.59. The highest BCUT2D eigenvalue weighted by Gasteiger charge is 2.15. The molecule has 0 aliphatic carbocycles. The molecule has 7 heteroatoms. The summed E-state index contributed by atoms with van der Waals surface area (Å²) in [5.74, 6) is 1.68. The molecule has 0 saturated carbocycles. The van der Waals surface area contributed by atoms with E-state index in [1.807, 2.05) is 67.1 Å². The van der Waals surface area contributed by atoms with Crippen LogP contribution in [0.1, 0.15) is 11.1 Å². The van der Waals surface area contributed by atoms with Crippen molar-refractivity contribution in [2.75, 3.05) is 12.9 Å². The zero-order valence-electron chi connectivity index (χ0n) is 15.6. The van der Waals surface area contributed by atoms with Gasteiger partial charge in [0.15, 0.2) is 11.0 Å². The Kier molecular flexibility index (Phi) is 6.13. The Morgan fingerprint density at radius 3 is 2.63 bits per heavy atom. The lowest BCUT2D eigenvalue weighted by Crippen LogP contribution is -2.24. The van der Waals surface area contributed by atoms with E-state index in [9.17, 15) is 4.79 Å². The van der Waals surface area contributed by atoms with Crippen molar-refractivity contribution < 1.29 is 9.53 Å². The van der Waals surface area contributed by atoms with E-state index in [1.165, 1.54) is 17.3 Å². The van der Waals surface area contributed by atoms with Crippen LogP contribution in [0, 0.1) is 6.92 Å². The summed E-state index contributed by atoms with van der Waals surface area (Å²) in [4.78, 5) is 12.1. The molecular weight excluding hydrogens is 360 g/mol. The minimum absolute atomic E-state index is 0.0394. The molecule has 0 unspecified atom stereocenters. The number of para-hydroxylation sites is 1. The maximum absolute atomic E-state index is 12.1. The molecule has 1 heterocycles. The largest absolute Gasteiger partial charge is 0.496 e. The number of nitrogens with zero attached hydrogens (tertiary/aromatic N) is 3. The molecular formula is C20H22N4O2S. The van der Waals surface area contributed by atoms with Crippen LogP contribution in [0.2, 0.25) is 0 Å². The van der Waals surface area contributed by atoms with Crippen molar-refractivity contribution in [3.63, 3.8) is 0 Å². The van der Waals surface area contributed by atoms with Crippen LogP contribution in [-0.2, 0) is 18.4 Å². The van der Waals surface area contributed by atoms with E-state index >= 15 is 0 Å². The summed E-state index contributed by atoms with van der Waals surface area (Å²) in [5, 5.41) is 12.1. The van der Waals surface area contributed by atoms with Gasteiger partial charge in [-0.15, -0.1) is 10.2 Å². The molecule has 0 spiro atoms. The Bertz CT molecular complexity index is 922. The van der Waals surface area contributed by atoms with E-state index < -0.39 is 0 Å². The van der Waals surface area contributed by atoms with Gasteiger partial charge in [0.25, 0.3) is 0 Å². The minimum Gasteiger partial charge on any atom is -0.496 e. The van der Waals surface area contributed by atoms with Crippen molar-refractivity contribution >= 4 is 17.7 Å². The van der Waals surface area contributed by atoms with Crippen molar-refractivity contribution in [2.45, 2.75) is 18.6 Å². The van der Waals surface area contributed by atoms with Gasteiger partial charge in [-0.3, -0.25) is 4.79 Å². The average Bonchev–Trinajstić information content (AvgIpc) is 3.06. The highest BCUT2D eigenvalue weighted by atomic mass is 32.2. The van der Waals surface area contributed by atoms with Crippen molar-refractivity contribution in [3.05, 3.63) is 59.7 Å². The zero-order valence-corrected chi connectivity index (χ0v) is 16.4. The third-order valence-electron chi connectivity index (χ3n) is 4.13. The molecule has 0 fully saturated rings. The van der Waals surface area contributed by atoms with Crippen LogP contribution in [0.3, 0.4) is 0 Å². The van der Waals surface area contributed by atoms with Gasteiger partial charge in [-0.05, 0) is 24.6 Å². The van der Waals surface area contributed by atoms with Crippen LogP contribution in [0.15, 0.2) is 53.7 Å². The molecule has 27 heavy (non-hydrogen) atoms. The molecule has 0 aliphatic rings. The molecule has 0 bridgehead atoms. The summed E-state index contributed by atoms with van der Waals surface area (Å²) < 4.78 is 7.26. The molecule has 1 amide bonds. The summed E-state index contributed by atoms with van der Waals surface area (Å²) >= 11 is 1.36. The molecule has 1 N–H and O–H groups in total. The molecule has 1 aromatic heterocycles. The van der Waals surface area contributed by atoms with Crippen LogP contribution in [-0.4, -0.2) is 33.5 Å². The molecule has 2 aromatic carbocycles. The first-order chi connectivity index (χ1) is 13.1. The van der Waals surface area contributed by atoms with Crippen molar-refractivity contribution in [1.29, 1.82) is 0 Å². The second-order valence-corrected chi connectivity index (χ2v) is 7.06. The van der Waals surface area contributed by atoms with Crippen molar-refractivity contribution in [1.82, 2.24) is 20.1 Å². The van der Waals surface area contributed by atoms with Crippen molar-refractivity contribution in [2.24, 2.45) is 7.05 Å². The minimum atomic E-state index is -0.0394. The van der Waals surface area contributed by atoms with E-state index in [-0.39, 0.29) is 11.7 Å². The molecule has 3 aromatic rings. The monoisotopic (exact) mass is 382 g/mol. The Hall–Kier alpha value is -2.80. The number of thioether (sulfide) groups is 1. The number of carbonyl (C=O) groups is 1. The highest BCUT2D eigenvalue weighted by Crippen LogP contribution is 2.29. The van der Waals surface area contributed by atoms with Gasteiger partial charge >= 0.3 is 0 Å². The molecule has 0 aliphatic heterocycles. The molecule has 0 saturated heterocycles. The number of rotatable bonds is 7. The molecule has 0 atom stereocenters. The highest BCUT2D eigenvalue weighted by molar-refractivity contribution is 7.99. The average molecular weight is 382 g/mol. The topological polar surface area (TPSA) is 69.0 Å². The Morgan fingerprint density at radius 1 is 1.15 bits per heavy atom. The first-order valence-electron chi connectivity index (χ1n) is 8.56. The zero-order chi connectivity index (χ0) is 19.2. The Balaban J connectivity index is 1.59. The fourth-order valence-corrected chi connectivity index (χ4v) is 3.33. The van der Waals surface area contributed by atoms with Gasteiger partial charge < -0.3 is 14.6 Å². The van der Waals surface area contributed by atoms with Crippen LogP contribution in [0.4, 0.5) is 0 Å². The lowest BCUT2D eigenvalue weighted by molar-refractivity contribution is -0.118. The number of hydrogen-bond acceptors (Lipinski definition) is 5. The number of nitrogens with one attached hydrogen (secondary N) is 1. The van der Waals surface area contributed by atoms with Crippen LogP contribution in [0.25, 0.3) is 11.4 Å². The molecule has 0 radical (unpaired) electrons. The number of aryl methyl sites for hydroxylation is 1. The van der Waals surface area contributed by atoms with E-state index in [0.29, 0.717) is 17.5 Å². The molecule has 3 rings (SSSR count). The fraction of sp³-hybridized carbons (Fsp3) is 0.250. The summed E-state index contributed by atoms with van der Waals surface area (Å²) in [6, 6.07) is 15.8. The number of amides is 1. The number of benzene rings is 2. The first-order valence-corrected chi connectivity index (χ1v) is 9.55. The number of carbonyl (C=O) groups excluding carboxylic acids is 1. The first kappa shape index (κ1) is 19.0. The number of hydrogen-bond donors (Lipinski definition) is 1. The number of aromatic nitrogens is 3. The van der Waals surface area contributed by atoms with E-state index in [1.54, 1.807) is 7.11 Å². The van der Waals surface area contributed by atoms with Gasteiger partial charge in [0.05, 0.1) is 18.4 Å². The molecule has 140 valence electrons. The lowest BCUT2D eigenvalue weighted by Gasteiger charge is -2.08. The van der Waals surface area contributed by atoms with E-state index in [2.05, 4.69) is 15.5 Å². The third kappa shape index (κ3) is 4.68. The lowest BCUT2D eigenvalue weighted by atomic mass is 10.1. The Labute approximate surface area is 163 Å². The number of methoxy groups -OCH3 is 1. The summed E-state index contributed by atoms with van der Waals surface area (Å²) in [6.45, 7) is 2.56. The van der Waals surface area contributed by atoms with Gasteiger partial charge in [0.2, 0.25) is 5.91 Å². The van der Waals surface area contributed by atoms with Gasteiger partial charge in [0, 0.05) is 13.6 Å². The van der Waals surface area contributed by atoms with E-state index in [0.717, 1.165) is 16.9 Å².